The number of sulfonamides is 1. The second kappa shape index (κ2) is 8.41. The first-order valence-corrected chi connectivity index (χ1v) is 10.9. The Bertz CT molecular complexity index is 961. The number of hydrogen-bond acceptors (Lipinski definition) is 3. The summed E-state index contributed by atoms with van der Waals surface area (Å²) in [4.78, 5) is 12.6. The molecule has 150 valence electrons. The van der Waals surface area contributed by atoms with Crippen LogP contribution >= 0.6 is 0 Å². The first kappa shape index (κ1) is 20.5. The van der Waals surface area contributed by atoms with Crippen molar-refractivity contribution in [1.29, 1.82) is 0 Å². The van der Waals surface area contributed by atoms with Crippen LogP contribution < -0.4 is 5.32 Å². The normalized spacial score (nSPS) is 15.8. The molecule has 0 aliphatic carbocycles. The average molecular weight is 405 g/mol. The quantitative estimate of drug-likeness (QED) is 0.828. The maximum absolute atomic E-state index is 14.3. The molecule has 1 saturated heterocycles. The summed E-state index contributed by atoms with van der Waals surface area (Å²) >= 11 is 0. The van der Waals surface area contributed by atoms with Crippen molar-refractivity contribution in [3.05, 3.63) is 58.9 Å². The molecule has 0 spiro atoms. The standard InChI is InChI=1S/C21H25FN2O3S/c1-15-11-16(2)13-17(12-15)23-21(25)19-14-18(7-8-20(19)22)28(26,27)24-9-5-3-4-6-10-24/h7-8,11-14H,3-6,9-10H2,1-2H3,(H,23,25). The van der Waals surface area contributed by atoms with Crippen LogP contribution in [0.2, 0.25) is 0 Å². The molecule has 0 saturated carbocycles. The molecule has 3 rings (SSSR count). The van der Waals surface area contributed by atoms with E-state index in [9.17, 15) is 17.6 Å². The van der Waals surface area contributed by atoms with Crippen LogP contribution in [-0.2, 0) is 10.0 Å². The number of rotatable bonds is 4. The summed E-state index contributed by atoms with van der Waals surface area (Å²) in [5.74, 6) is -1.42. The highest BCUT2D eigenvalue weighted by atomic mass is 32.2. The highest BCUT2D eigenvalue weighted by Gasteiger charge is 2.27. The second-order valence-electron chi connectivity index (χ2n) is 7.29. The Morgan fingerprint density at radius 2 is 1.57 bits per heavy atom. The molecule has 1 heterocycles. The fourth-order valence-electron chi connectivity index (χ4n) is 3.52. The highest BCUT2D eigenvalue weighted by molar-refractivity contribution is 7.89. The zero-order valence-electron chi connectivity index (χ0n) is 16.2. The van der Waals surface area contributed by atoms with Crippen molar-refractivity contribution >= 4 is 21.6 Å². The third kappa shape index (κ3) is 4.59. The number of carbonyl (C=O) groups is 1. The minimum Gasteiger partial charge on any atom is -0.322 e. The average Bonchev–Trinajstić information content (AvgIpc) is 2.91. The lowest BCUT2D eigenvalue weighted by atomic mass is 10.1. The van der Waals surface area contributed by atoms with Gasteiger partial charge < -0.3 is 5.32 Å². The van der Waals surface area contributed by atoms with Crippen LogP contribution in [0.3, 0.4) is 0 Å². The summed E-state index contributed by atoms with van der Waals surface area (Å²) in [5.41, 5.74) is 2.19. The van der Waals surface area contributed by atoms with Gasteiger partial charge in [0.1, 0.15) is 5.82 Å². The number of benzene rings is 2. The Labute approximate surface area is 165 Å². The molecule has 5 nitrogen and oxygen atoms in total. The van der Waals surface area contributed by atoms with Gasteiger partial charge in [0.05, 0.1) is 10.5 Å². The molecule has 1 N–H and O–H groups in total. The van der Waals surface area contributed by atoms with Crippen molar-refractivity contribution in [2.45, 2.75) is 44.4 Å². The molecular weight excluding hydrogens is 379 g/mol. The van der Waals surface area contributed by atoms with E-state index >= 15 is 0 Å². The minimum atomic E-state index is -3.76. The number of carbonyl (C=O) groups excluding carboxylic acids is 1. The van der Waals surface area contributed by atoms with E-state index in [0.29, 0.717) is 18.8 Å². The molecule has 0 aromatic heterocycles. The lowest BCUT2D eigenvalue weighted by Gasteiger charge is -2.20. The SMILES string of the molecule is Cc1cc(C)cc(NC(=O)c2cc(S(=O)(=O)N3CCCCCC3)ccc2F)c1. The van der Waals surface area contributed by atoms with E-state index in [4.69, 9.17) is 0 Å². The molecule has 0 radical (unpaired) electrons. The Balaban J connectivity index is 1.89. The van der Waals surface area contributed by atoms with Crippen LogP contribution in [-0.4, -0.2) is 31.7 Å². The van der Waals surface area contributed by atoms with Crippen LogP contribution in [0.25, 0.3) is 0 Å². The van der Waals surface area contributed by atoms with E-state index in [2.05, 4.69) is 5.32 Å². The van der Waals surface area contributed by atoms with Gasteiger partial charge in [0.15, 0.2) is 0 Å². The van der Waals surface area contributed by atoms with E-state index in [-0.39, 0.29) is 10.5 Å². The largest absolute Gasteiger partial charge is 0.322 e. The van der Waals surface area contributed by atoms with Crippen molar-refractivity contribution < 1.29 is 17.6 Å². The van der Waals surface area contributed by atoms with E-state index in [1.54, 1.807) is 12.1 Å². The predicted octanol–water partition coefficient (Wildman–Crippen LogP) is 4.26. The van der Waals surface area contributed by atoms with Crippen LogP contribution in [0.15, 0.2) is 41.3 Å². The molecule has 1 aliphatic heterocycles. The maximum atomic E-state index is 14.3. The molecule has 7 heteroatoms. The molecule has 2 aromatic rings. The molecule has 0 bridgehead atoms. The first-order chi connectivity index (χ1) is 13.3. The highest BCUT2D eigenvalue weighted by Crippen LogP contribution is 2.23. The van der Waals surface area contributed by atoms with Crippen LogP contribution in [0.1, 0.15) is 47.2 Å². The summed E-state index contributed by atoms with van der Waals surface area (Å²) in [6.45, 7) is 4.70. The number of nitrogens with zero attached hydrogens (tertiary/aromatic N) is 1. The second-order valence-corrected chi connectivity index (χ2v) is 9.23. The van der Waals surface area contributed by atoms with Gasteiger partial charge in [-0.05, 0) is 68.1 Å². The van der Waals surface area contributed by atoms with Crippen LogP contribution in [0.5, 0.6) is 0 Å². The Morgan fingerprint density at radius 1 is 0.964 bits per heavy atom. The lowest BCUT2D eigenvalue weighted by Crippen LogP contribution is -2.32. The summed E-state index contributed by atoms with van der Waals surface area (Å²) in [5, 5.41) is 2.66. The fourth-order valence-corrected chi connectivity index (χ4v) is 5.06. The number of amides is 1. The summed E-state index contributed by atoms with van der Waals surface area (Å²) in [6.07, 6.45) is 3.61. The van der Waals surface area contributed by atoms with E-state index in [1.165, 1.54) is 10.4 Å². The minimum absolute atomic E-state index is 0.0543. The van der Waals surface area contributed by atoms with Crippen molar-refractivity contribution in [3.63, 3.8) is 0 Å². The number of nitrogens with one attached hydrogen (secondary N) is 1. The van der Waals surface area contributed by atoms with Crippen molar-refractivity contribution in [1.82, 2.24) is 4.31 Å². The topological polar surface area (TPSA) is 66.5 Å². The zero-order chi connectivity index (χ0) is 20.3. The Kier molecular flexibility index (Phi) is 6.15. The van der Waals surface area contributed by atoms with Gasteiger partial charge in [-0.3, -0.25) is 4.79 Å². The van der Waals surface area contributed by atoms with Gasteiger partial charge in [-0.25, -0.2) is 12.8 Å². The van der Waals surface area contributed by atoms with E-state index < -0.39 is 21.7 Å². The number of halogens is 1. The fraction of sp³-hybridized carbons (Fsp3) is 0.381. The molecule has 0 atom stereocenters. The van der Waals surface area contributed by atoms with Gasteiger partial charge in [-0.15, -0.1) is 0 Å². The van der Waals surface area contributed by atoms with Gasteiger partial charge in [-0.1, -0.05) is 18.9 Å². The monoisotopic (exact) mass is 404 g/mol. The van der Waals surface area contributed by atoms with Crippen molar-refractivity contribution in [2.75, 3.05) is 18.4 Å². The van der Waals surface area contributed by atoms with Crippen LogP contribution in [0, 0.1) is 19.7 Å². The van der Waals surface area contributed by atoms with Gasteiger partial charge in [-0.2, -0.15) is 4.31 Å². The maximum Gasteiger partial charge on any atom is 0.258 e. The zero-order valence-corrected chi connectivity index (χ0v) is 17.0. The Hall–Kier alpha value is -2.25. The van der Waals surface area contributed by atoms with Gasteiger partial charge in [0.25, 0.3) is 5.91 Å². The predicted molar refractivity (Wildman–Crippen MR) is 107 cm³/mol. The molecule has 0 unspecified atom stereocenters. The van der Waals surface area contributed by atoms with Gasteiger partial charge >= 0.3 is 0 Å². The molecular formula is C21H25FN2O3S. The summed E-state index contributed by atoms with van der Waals surface area (Å²) < 4.78 is 41.6. The number of aryl methyl sites for hydroxylation is 2. The first-order valence-electron chi connectivity index (χ1n) is 9.47. The molecule has 2 aromatic carbocycles. The smallest absolute Gasteiger partial charge is 0.258 e. The Morgan fingerprint density at radius 3 is 2.18 bits per heavy atom. The van der Waals surface area contributed by atoms with Crippen LogP contribution in [0.4, 0.5) is 10.1 Å². The molecule has 1 amide bonds. The third-order valence-electron chi connectivity index (χ3n) is 4.86. The van der Waals surface area contributed by atoms with E-state index in [0.717, 1.165) is 48.9 Å². The third-order valence-corrected chi connectivity index (χ3v) is 6.76. The summed E-state index contributed by atoms with van der Waals surface area (Å²) in [7, 11) is -3.76. The van der Waals surface area contributed by atoms with E-state index in [1.807, 2.05) is 19.9 Å². The van der Waals surface area contributed by atoms with Crippen molar-refractivity contribution in [2.24, 2.45) is 0 Å². The molecule has 1 fully saturated rings. The lowest BCUT2D eigenvalue weighted by molar-refractivity contribution is 0.102. The van der Waals surface area contributed by atoms with Crippen molar-refractivity contribution in [3.8, 4) is 0 Å². The number of hydrogen-bond donors (Lipinski definition) is 1. The van der Waals surface area contributed by atoms with Gasteiger partial charge in [0.2, 0.25) is 10.0 Å². The number of anilines is 1. The molecule has 1 aliphatic rings. The summed E-state index contributed by atoms with van der Waals surface area (Å²) in [6, 6.07) is 8.92. The molecule has 28 heavy (non-hydrogen) atoms. The van der Waals surface area contributed by atoms with Gasteiger partial charge in [0, 0.05) is 18.8 Å².